The summed E-state index contributed by atoms with van der Waals surface area (Å²) in [6.45, 7) is 5.42. The lowest BCUT2D eigenvalue weighted by Gasteiger charge is -2.09. The molecule has 0 spiro atoms. The molecule has 0 saturated heterocycles. The van der Waals surface area contributed by atoms with Gasteiger partial charge in [0.15, 0.2) is 0 Å². The molecule has 0 aliphatic rings. The molecule has 1 N–H and O–H groups in total. The van der Waals surface area contributed by atoms with E-state index in [0.717, 1.165) is 62.9 Å². The molecule has 0 saturated carbocycles. The zero-order chi connectivity index (χ0) is 18.9. The summed E-state index contributed by atoms with van der Waals surface area (Å²) in [7, 11) is 0. The average molecular weight is 364 g/mol. The fraction of sp³-hybridized carbons (Fsp3) is 0.571. The molecule has 0 radical (unpaired) electrons. The van der Waals surface area contributed by atoms with Crippen LogP contribution >= 0.6 is 0 Å². The molecule has 0 heterocycles. The quantitative estimate of drug-likeness (QED) is 0.269. The smallest absolute Gasteiger partial charge is 0.330 e. The van der Waals surface area contributed by atoms with Gasteiger partial charge in [0.25, 0.3) is 0 Å². The Kier molecular flexibility index (Phi) is 12.9. The van der Waals surface area contributed by atoms with E-state index in [0.29, 0.717) is 19.8 Å². The molecule has 5 heteroatoms. The number of hydrogen-bond acceptors (Lipinski definition) is 5. The van der Waals surface area contributed by atoms with Crippen LogP contribution in [0.1, 0.15) is 51.4 Å². The lowest BCUT2D eigenvalue weighted by molar-refractivity contribution is -0.137. The number of hydrogen-bond donors (Lipinski definition) is 1. The lowest BCUT2D eigenvalue weighted by atomic mass is 10.2. The Balaban J connectivity index is 2.06. The molecule has 0 unspecified atom stereocenters. The molecule has 0 fully saturated rings. The maximum absolute atomic E-state index is 10.9. The summed E-state index contributed by atoms with van der Waals surface area (Å²) in [5.74, 6) is 1.29. The van der Waals surface area contributed by atoms with Gasteiger partial charge in [-0.3, -0.25) is 0 Å². The van der Waals surface area contributed by atoms with Crippen molar-refractivity contribution in [2.24, 2.45) is 0 Å². The van der Waals surface area contributed by atoms with Crippen molar-refractivity contribution >= 4 is 5.97 Å². The third kappa shape index (κ3) is 11.5. The lowest BCUT2D eigenvalue weighted by Crippen LogP contribution is -2.02. The number of unbranched alkanes of at least 4 members (excludes halogenated alkanes) is 6. The molecule has 0 aliphatic carbocycles. The topological polar surface area (TPSA) is 65.0 Å². The summed E-state index contributed by atoms with van der Waals surface area (Å²) in [5.41, 5.74) is 0. The Labute approximate surface area is 157 Å². The van der Waals surface area contributed by atoms with Crippen LogP contribution in [0.4, 0.5) is 0 Å². The van der Waals surface area contributed by atoms with E-state index in [9.17, 15) is 4.79 Å². The van der Waals surface area contributed by atoms with Gasteiger partial charge in [-0.1, -0.05) is 19.1 Å². The van der Waals surface area contributed by atoms with E-state index in [4.69, 9.17) is 19.3 Å². The standard InChI is InChI=1S/C21H32O5/c1-2-21(23)26-17-10-6-5-9-16-25-20-13-11-12-19(18-20)24-15-8-4-3-7-14-22/h2,11-13,18,22H,1,3-10,14-17H2. The monoisotopic (exact) mass is 364 g/mol. The molecule has 5 nitrogen and oxygen atoms in total. The van der Waals surface area contributed by atoms with Crippen molar-refractivity contribution in [3.8, 4) is 11.5 Å². The van der Waals surface area contributed by atoms with Gasteiger partial charge >= 0.3 is 5.97 Å². The number of esters is 1. The van der Waals surface area contributed by atoms with Gasteiger partial charge in [0, 0.05) is 18.7 Å². The first-order valence-corrected chi connectivity index (χ1v) is 9.52. The van der Waals surface area contributed by atoms with Crippen LogP contribution in [0.2, 0.25) is 0 Å². The number of rotatable bonds is 16. The minimum Gasteiger partial charge on any atom is -0.493 e. The van der Waals surface area contributed by atoms with Crippen molar-refractivity contribution in [3.05, 3.63) is 36.9 Å². The molecule has 1 rings (SSSR count). The fourth-order valence-electron chi connectivity index (χ4n) is 2.39. The van der Waals surface area contributed by atoms with Gasteiger partial charge in [-0.25, -0.2) is 4.79 Å². The van der Waals surface area contributed by atoms with Crippen molar-refractivity contribution < 1.29 is 24.1 Å². The highest BCUT2D eigenvalue weighted by Gasteiger charge is 2.00. The fourth-order valence-corrected chi connectivity index (χ4v) is 2.39. The molecule has 146 valence electrons. The summed E-state index contributed by atoms with van der Waals surface area (Å²) >= 11 is 0. The Bertz CT molecular complexity index is 501. The van der Waals surface area contributed by atoms with E-state index < -0.39 is 0 Å². The number of benzene rings is 1. The highest BCUT2D eigenvalue weighted by Crippen LogP contribution is 2.20. The van der Waals surface area contributed by atoms with E-state index in [1.165, 1.54) is 6.08 Å². The van der Waals surface area contributed by atoms with Gasteiger partial charge in [-0.2, -0.15) is 0 Å². The van der Waals surface area contributed by atoms with Crippen molar-refractivity contribution in [2.45, 2.75) is 51.4 Å². The van der Waals surface area contributed by atoms with Crippen LogP contribution in [0.25, 0.3) is 0 Å². The molecule has 26 heavy (non-hydrogen) atoms. The van der Waals surface area contributed by atoms with E-state index in [-0.39, 0.29) is 12.6 Å². The second kappa shape index (κ2) is 15.3. The van der Waals surface area contributed by atoms with Crippen molar-refractivity contribution in [1.29, 1.82) is 0 Å². The first kappa shape index (κ1) is 22.0. The summed E-state index contributed by atoms with van der Waals surface area (Å²) < 4.78 is 16.4. The van der Waals surface area contributed by atoms with Crippen molar-refractivity contribution in [2.75, 3.05) is 26.4 Å². The first-order valence-electron chi connectivity index (χ1n) is 9.52. The minimum absolute atomic E-state index is 0.267. The van der Waals surface area contributed by atoms with Gasteiger partial charge in [0.1, 0.15) is 11.5 Å². The van der Waals surface area contributed by atoms with Gasteiger partial charge in [0.05, 0.1) is 19.8 Å². The van der Waals surface area contributed by atoms with E-state index in [2.05, 4.69) is 6.58 Å². The number of ether oxygens (including phenoxy) is 3. The van der Waals surface area contributed by atoms with Gasteiger partial charge in [0.2, 0.25) is 0 Å². The maximum Gasteiger partial charge on any atom is 0.330 e. The van der Waals surface area contributed by atoms with Gasteiger partial charge in [-0.05, 0) is 57.1 Å². The third-order valence-corrected chi connectivity index (χ3v) is 3.85. The van der Waals surface area contributed by atoms with Crippen molar-refractivity contribution in [3.63, 3.8) is 0 Å². The maximum atomic E-state index is 10.9. The highest BCUT2D eigenvalue weighted by molar-refractivity contribution is 5.81. The van der Waals surface area contributed by atoms with Crippen LogP contribution in [-0.2, 0) is 9.53 Å². The summed E-state index contributed by atoms with van der Waals surface area (Å²) in [6.07, 6.45) is 9.03. The summed E-state index contributed by atoms with van der Waals surface area (Å²) in [4.78, 5) is 10.9. The van der Waals surface area contributed by atoms with Crippen LogP contribution < -0.4 is 9.47 Å². The van der Waals surface area contributed by atoms with Crippen LogP contribution in [-0.4, -0.2) is 37.5 Å². The SMILES string of the molecule is C=CC(=O)OCCCCCCOc1cccc(OCCCCCCO)c1. The number of carbonyl (C=O) groups is 1. The van der Waals surface area contributed by atoms with Gasteiger partial charge in [-0.15, -0.1) is 0 Å². The first-order chi connectivity index (χ1) is 12.8. The number of aliphatic hydroxyl groups excluding tert-OH is 1. The van der Waals surface area contributed by atoms with E-state index >= 15 is 0 Å². The number of aliphatic hydroxyl groups is 1. The second-order valence-corrected chi connectivity index (χ2v) is 6.10. The molecule has 1 aromatic rings. The average Bonchev–Trinajstić information content (AvgIpc) is 2.66. The molecule has 1 aromatic carbocycles. The Hall–Kier alpha value is -2.01. The van der Waals surface area contributed by atoms with Crippen LogP contribution in [0.5, 0.6) is 11.5 Å². The third-order valence-electron chi connectivity index (χ3n) is 3.85. The predicted molar refractivity (Wildman–Crippen MR) is 103 cm³/mol. The molecule has 0 aliphatic heterocycles. The Morgan fingerprint density at radius 3 is 1.96 bits per heavy atom. The molecular weight excluding hydrogens is 332 g/mol. The largest absolute Gasteiger partial charge is 0.493 e. The Morgan fingerprint density at radius 2 is 1.42 bits per heavy atom. The molecule has 0 bridgehead atoms. The summed E-state index contributed by atoms with van der Waals surface area (Å²) in [6, 6.07) is 7.72. The minimum atomic E-state index is -0.361. The molecule has 0 amide bonds. The van der Waals surface area contributed by atoms with E-state index in [1.807, 2.05) is 24.3 Å². The molecule has 0 aromatic heterocycles. The normalized spacial score (nSPS) is 10.3. The van der Waals surface area contributed by atoms with E-state index in [1.54, 1.807) is 0 Å². The summed E-state index contributed by atoms with van der Waals surface area (Å²) in [5, 5.41) is 8.74. The Morgan fingerprint density at radius 1 is 0.885 bits per heavy atom. The van der Waals surface area contributed by atoms with Crippen LogP contribution in [0.15, 0.2) is 36.9 Å². The predicted octanol–water partition coefficient (Wildman–Crippen LogP) is 4.29. The zero-order valence-corrected chi connectivity index (χ0v) is 15.7. The van der Waals surface area contributed by atoms with Crippen LogP contribution in [0.3, 0.4) is 0 Å². The number of carbonyl (C=O) groups excluding carboxylic acids is 1. The molecular formula is C21H32O5. The highest BCUT2D eigenvalue weighted by atomic mass is 16.5. The zero-order valence-electron chi connectivity index (χ0n) is 15.7. The second-order valence-electron chi connectivity index (χ2n) is 6.10. The van der Waals surface area contributed by atoms with Gasteiger partial charge < -0.3 is 19.3 Å². The van der Waals surface area contributed by atoms with Crippen LogP contribution in [0, 0.1) is 0 Å². The molecule has 0 atom stereocenters. The van der Waals surface area contributed by atoms with Crippen molar-refractivity contribution in [1.82, 2.24) is 0 Å².